The van der Waals surface area contributed by atoms with Gasteiger partial charge in [0.05, 0.1) is 0 Å². The summed E-state index contributed by atoms with van der Waals surface area (Å²) in [5, 5.41) is 9.82. The zero-order chi connectivity index (χ0) is 15.5. The number of phenolic OH excluding ortho intramolecular Hbond substituents is 1. The minimum absolute atomic E-state index is 0.249. The summed E-state index contributed by atoms with van der Waals surface area (Å²) >= 11 is 6.08. The van der Waals surface area contributed by atoms with Crippen LogP contribution in [0.25, 0.3) is 5.57 Å². The molecule has 0 saturated carbocycles. The van der Waals surface area contributed by atoms with E-state index in [1.54, 1.807) is 24.3 Å². The van der Waals surface area contributed by atoms with Crippen molar-refractivity contribution in [2.24, 2.45) is 0 Å². The number of benzene rings is 2. The maximum atomic E-state index is 13.8. The molecule has 1 aliphatic rings. The SMILES string of the molecule is Oc1ccc(C2=CCN(Cc3c(F)cccc3Cl)CC2)cc1. The molecule has 0 atom stereocenters. The molecule has 0 fully saturated rings. The molecule has 114 valence electrons. The van der Waals surface area contributed by atoms with Crippen LogP contribution in [0.15, 0.2) is 48.5 Å². The molecule has 0 aliphatic carbocycles. The molecule has 2 aromatic carbocycles. The summed E-state index contributed by atoms with van der Waals surface area (Å²) in [4.78, 5) is 2.17. The predicted octanol–water partition coefficient (Wildman–Crippen LogP) is 4.47. The number of aromatic hydroxyl groups is 1. The number of rotatable bonds is 3. The average Bonchev–Trinajstić information content (AvgIpc) is 2.53. The van der Waals surface area contributed by atoms with Crippen molar-refractivity contribution in [1.82, 2.24) is 4.90 Å². The Kier molecular flexibility index (Phi) is 4.46. The van der Waals surface area contributed by atoms with Crippen LogP contribution in [0, 0.1) is 5.82 Å². The van der Waals surface area contributed by atoms with Crippen LogP contribution in [-0.2, 0) is 6.54 Å². The summed E-state index contributed by atoms with van der Waals surface area (Å²) in [5.74, 6) is 0.0248. The van der Waals surface area contributed by atoms with Gasteiger partial charge in [-0.3, -0.25) is 4.90 Å². The Labute approximate surface area is 134 Å². The second-order valence-corrected chi connectivity index (χ2v) is 5.87. The van der Waals surface area contributed by atoms with Crippen LogP contribution < -0.4 is 0 Å². The van der Waals surface area contributed by atoms with Crippen molar-refractivity contribution in [1.29, 1.82) is 0 Å². The van der Waals surface area contributed by atoms with E-state index in [1.807, 2.05) is 12.1 Å². The van der Waals surface area contributed by atoms with Gasteiger partial charge in [0.25, 0.3) is 0 Å². The normalized spacial score (nSPS) is 15.6. The minimum atomic E-state index is -0.249. The summed E-state index contributed by atoms with van der Waals surface area (Å²) in [6.45, 7) is 2.14. The van der Waals surface area contributed by atoms with Gasteiger partial charge in [0, 0.05) is 30.2 Å². The summed E-state index contributed by atoms with van der Waals surface area (Å²) in [5.41, 5.74) is 2.95. The standard InChI is InChI=1S/C18H17ClFNO/c19-17-2-1-3-18(20)16(17)12-21-10-8-14(9-11-21)13-4-6-15(22)7-5-13/h1-8,22H,9-12H2. The van der Waals surface area contributed by atoms with E-state index < -0.39 is 0 Å². The van der Waals surface area contributed by atoms with Crippen molar-refractivity contribution in [2.45, 2.75) is 13.0 Å². The van der Waals surface area contributed by atoms with E-state index in [0.29, 0.717) is 17.1 Å². The van der Waals surface area contributed by atoms with Crippen LogP contribution in [-0.4, -0.2) is 23.1 Å². The fourth-order valence-electron chi connectivity index (χ4n) is 2.70. The summed E-state index contributed by atoms with van der Waals surface area (Å²) < 4.78 is 13.8. The fourth-order valence-corrected chi connectivity index (χ4v) is 2.92. The Hall–Kier alpha value is -1.84. The molecule has 1 aliphatic heterocycles. The summed E-state index contributed by atoms with van der Waals surface area (Å²) in [6.07, 6.45) is 3.06. The van der Waals surface area contributed by atoms with E-state index in [9.17, 15) is 9.50 Å². The third-order valence-corrected chi connectivity index (χ3v) is 4.33. The van der Waals surface area contributed by atoms with Crippen LogP contribution in [0.3, 0.4) is 0 Å². The first-order chi connectivity index (χ1) is 10.6. The predicted molar refractivity (Wildman–Crippen MR) is 87.4 cm³/mol. The highest BCUT2D eigenvalue weighted by Crippen LogP contribution is 2.26. The fraction of sp³-hybridized carbons (Fsp3) is 0.222. The third kappa shape index (κ3) is 3.32. The van der Waals surface area contributed by atoms with Gasteiger partial charge < -0.3 is 5.11 Å². The van der Waals surface area contributed by atoms with E-state index >= 15 is 0 Å². The highest BCUT2D eigenvalue weighted by Gasteiger charge is 2.16. The molecule has 2 nitrogen and oxygen atoms in total. The van der Waals surface area contributed by atoms with Gasteiger partial charge in [0.1, 0.15) is 11.6 Å². The average molecular weight is 318 g/mol. The van der Waals surface area contributed by atoms with Gasteiger partial charge in [0.2, 0.25) is 0 Å². The number of phenols is 1. The van der Waals surface area contributed by atoms with Gasteiger partial charge in [-0.05, 0) is 41.8 Å². The van der Waals surface area contributed by atoms with Crippen LogP contribution in [0.2, 0.25) is 5.02 Å². The highest BCUT2D eigenvalue weighted by atomic mass is 35.5. The quantitative estimate of drug-likeness (QED) is 0.902. The van der Waals surface area contributed by atoms with E-state index in [0.717, 1.165) is 25.1 Å². The molecule has 0 bridgehead atoms. The Bertz CT molecular complexity index is 676. The first kappa shape index (κ1) is 15.1. The van der Waals surface area contributed by atoms with Crippen molar-refractivity contribution in [3.05, 3.63) is 70.5 Å². The number of hydrogen-bond donors (Lipinski definition) is 1. The van der Waals surface area contributed by atoms with Gasteiger partial charge in [-0.2, -0.15) is 0 Å². The molecule has 0 unspecified atom stereocenters. The lowest BCUT2D eigenvalue weighted by Gasteiger charge is -2.27. The Balaban J connectivity index is 1.70. The molecular formula is C18H17ClFNO. The van der Waals surface area contributed by atoms with Crippen molar-refractivity contribution >= 4 is 17.2 Å². The summed E-state index contributed by atoms with van der Waals surface area (Å²) in [6, 6.07) is 12.0. The number of hydrogen-bond acceptors (Lipinski definition) is 2. The Morgan fingerprint density at radius 3 is 2.55 bits per heavy atom. The maximum Gasteiger partial charge on any atom is 0.129 e. The maximum absolute atomic E-state index is 13.8. The van der Waals surface area contributed by atoms with Crippen molar-refractivity contribution in [2.75, 3.05) is 13.1 Å². The van der Waals surface area contributed by atoms with Crippen molar-refractivity contribution in [3.63, 3.8) is 0 Å². The molecule has 0 saturated heterocycles. The lowest BCUT2D eigenvalue weighted by atomic mass is 9.99. The Morgan fingerprint density at radius 1 is 1.14 bits per heavy atom. The molecule has 0 spiro atoms. The molecule has 2 aromatic rings. The van der Waals surface area contributed by atoms with Gasteiger partial charge in [0.15, 0.2) is 0 Å². The molecule has 0 amide bonds. The monoisotopic (exact) mass is 317 g/mol. The van der Waals surface area contributed by atoms with Gasteiger partial charge in [-0.15, -0.1) is 0 Å². The molecule has 1 N–H and O–H groups in total. The Morgan fingerprint density at radius 2 is 1.91 bits per heavy atom. The molecular weight excluding hydrogens is 301 g/mol. The molecule has 0 aromatic heterocycles. The van der Waals surface area contributed by atoms with E-state index in [1.165, 1.54) is 11.6 Å². The molecule has 3 rings (SSSR count). The highest BCUT2D eigenvalue weighted by molar-refractivity contribution is 6.31. The van der Waals surface area contributed by atoms with Crippen molar-refractivity contribution < 1.29 is 9.50 Å². The second kappa shape index (κ2) is 6.51. The van der Waals surface area contributed by atoms with E-state index in [4.69, 9.17) is 11.6 Å². The first-order valence-corrected chi connectivity index (χ1v) is 7.65. The lowest BCUT2D eigenvalue weighted by Crippen LogP contribution is -2.28. The lowest BCUT2D eigenvalue weighted by molar-refractivity contribution is 0.289. The zero-order valence-electron chi connectivity index (χ0n) is 12.1. The summed E-state index contributed by atoms with van der Waals surface area (Å²) in [7, 11) is 0. The second-order valence-electron chi connectivity index (χ2n) is 5.46. The zero-order valence-corrected chi connectivity index (χ0v) is 12.9. The topological polar surface area (TPSA) is 23.5 Å². The molecule has 1 heterocycles. The molecule has 0 radical (unpaired) electrons. The largest absolute Gasteiger partial charge is 0.508 e. The minimum Gasteiger partial charge on any atom is -0.508 e. The van der Waals surface area contributed by atoms with Gasteiger partial charge >= 0.3 is 0 Å². The number of nitrogens with zero attached hydrogens (tertiary/aromatic N) is 1. The van der Waals surface area contributed by atoms with Gasteiger partial charge in [-0.1, -0.05) is 35.9 Å². The first-order valence-electron chi connectivity index (χ1n) is 7.27. The van der Waals surface area contributed by atoms with Crippen LogP contribution in [0.1, 0.15) is 17.5 Å². The molecule has 22 heavy (non-hydrogen) atoms. The van der Waals surface area contributed by atoms with Gasteiger partial charge in [-0.25, -0.2) is 4.39 Å². The number of halogens is 2. The van der Waals surface area contributed by atoms with Crippen LogP contribution >= 0.6 is 11.6 Å². The smallest absolute Gasteiger partial charge is 0.129 e. The third-order valence-electron chi connectivity index (χ3n) is 3.97. The van der Waals surface area contributed by atoms with E-state index in [-0.39, 0.29) is 11.6 Å². The van der Waals surface area contributed by atoms with Crippen LogP contribution in [0.4, 0.5) is 4.39 Å². The molecule has 4 heteroatoms. The van der Waals surface area contributed by atoms with Crippen LogP contribution in [0.5, 0.6) is 5.75 Å². The van der Waals surface area contributed by atoms with Crippen molar-refractivity contribution in [3.8, 4) is 5.75 Å². The van der Waals surface area contributed by atoms with E-state index in [2.05, 4.69) is 11.0 Å².